The van der Waals surface area contributed by atoms with Crippen molar-refractivity contribution >= 4 is 22.4 Å². The predicted octanol–water partition coefficient (Wildman–Crippen LogP) is 3.50. The van der Waals surface area contributed by atoms with Crippen LogP contribution < -0.4 is 0 Å². The number of para-hydroxylation sites is 2. The molecule has 0 aliphatic rings. The summed E-state index contributed by atoms with van der Waals surface area (Å²) in [5.74, 6) is -0.513. The van der Waals surface area contributed by atoms with Crippen molar-refractivity contribution in [2.45, 2.75) is 0 Å². The van der Waals surface area contributed by atoms with Gasteiger partial charge in [-0.2, -0.15) is 4.39 Å². The molecule has 0 N–H and O–H groups in total. The average Bonchev–Trinajstić information content (AvgIpc) is 2.81. The minimum absolute atomic E-state index is 0.328. The third-order valence-corrected chi connectivity index (χ3v) is 3.16. The molecule has 2 aromatic heterocycles. The van der Waals surface area contributed by atoms with Crippen LogP contribution in [0.5, 0.6) is 0 Å². The van der Waals surface area contributed by atoms with E-state index in [9.17, 15) is 4.39 Å². The molecule has 2 heterocycles. The average molecular weight is 230 g/mol. The number of hydrogen-bond donors (Lipinski definition) is 0. The maximum absolute atomic E-state index is 13.7. The van der Waals surface area contributed by atoms with Crippen LogP contribution in [0.15, 0.2) is 41.8 Å². The van der Waals surface area contributed by atoms with Gasteiger partial charge in [-0.05, 0) is 23.6 Å². The summed E-state index contributed by atoms with van der Waals surface area (Å²) in [5, 5.41) is 1.89. The fraction of sp³-hybridized carbons (Fsp3) is 0. The Kier molecular flexibility index (Phi) is 2.15. The highest BCUT2D eigenvalue weighted by atomic mass is 32.1. The molecular formula is C12H7FN2S. The van der Waals surface area contributed by atoms with Crippen molar-refractivity contribution in [2.24, 2.45) is 0 Å². The molecule has 3 rings (SSSR count). The van der Waals surface area contributed by atoms with Crippen LogP contribution >= 0.6 is 11.3 Å². The van der Waals surface area contributed by atoms with Crippen molar-refractivity contribution in [1.82, 2.24) is 9.97 Å². The molecule has 0 unspecified atom stereocenters. The molecule has 78 valence electrons. The van der Waals surface area contributed by atoms with E-state index in [2.05, 4.69) is 9.97 Å². The molecule has 1 aromatic carbocycles. The van der Waals surface area contributed by atoms with Crippen LogP contribution in [-0.2, 0) is 0 Å². The summed E-state index contributed by atoms with van der Waals surface area (Å²) in [5.41, 5.74) is 1.63. The summed E-state index contributed by atoms with van der Waals surface area (Å²) in [6.45, 7) is 0. The van der Waals surface area contributed by atoms with Crippen molar-refractivity contribution in [2.75, 3.05) is 0 Å². The van der Waals surface area contributed by atoms with E-state index in [1.807, 2.05) is 35.7 Å². The van der Waals surface area contributed by atoms with Gasteiger partial charge in [0.05, 0.1) is 15.9 Å². The Balaban J connectivity index is 2.30. The summed E-state index contributed by atoms with van der Waals surface area (Å²) in [4.78, 5) is 9.00. The molecule has 0 aliphatic carbocycles. The quantitative estimate of drug-likeness (QED) is 0.639. The third-order valence-electron chi connectivity index (χ3n) is 2.28. The first-order valence-corrected chi connectivity index (χ1v) is 5.69. The summed E-state index contributed by atoms with van der Waals surface area (Å²) in [6, 6.07) is 11.0. The molecule has 16 heavy (non-hydrogen) atoms. The number of aromatic nitrogens is 2. The second-order valence-electron chi connectivity index (χ2n) is 3.33. The van der Waals surface area contributed by atoms with Gasteiger partial charge in [-0.3, -0.25) is 0 Å². The smallest absolute Gasteiger partial charge is 0.240 e. The zero-order valence-corrected chi connectivity index (χ0v) is 9.04. The Morgan fingerprint density at radius 3 is 2.38 bits per heavy atom. The predicted molar refractivity (Wildman–Crippen MR) is 62.8 cm³/mol. The first-order valence-electron chi connectivity index (χ1n) is 4.81. The van der Waals surface area contributed by atoms with Crippen molar-refractivity contribution in [1.29, 1.82) is 0 Å². The molecule has 0 saturated carbocycles. The van der Waals surface area contributed by atoms with Crippen LogP contribution in [0.2, 0.25) is 0 Å². The van der Waals surface area contributed by atoms with Gasteiger partial charge in [0.25, 0.3) is 0 Å². The molecule has 0 aliphatic heterocycles. The van der Waals surface area contributed by atoms with Crippen LogP contribution in [0, 0.1) is 5.95 Å². The Morgan fingerprint density at radius 2 is 1.69 bits per heavy atom. The lowest BCUT2D eigenvalue weighted by molar-refractivity contribution is 0.588. The molecule has 4 heteroatoms. The number of halogens is 1. The SMILES string of the molecule is Fc1nc2ccccc2nc1-c1cccs1. The number of rotatable bonds is 1. The summed E-state index contributed by atoms with van der Waals surface area (Å²) >= 11 is 1.46. The maximum Gasteiger partial charge on any atom is 0.240 e. The molecule has 3 aromatic rings. The van der Waals surface area contributed by atoms with E-state index in [0.717, 1.165) is 4.88 Å². The lowest BCUT2D eigenvalue weighted by atomic mass is 10.3. The fourth-order valence-corrected chi connectivity index (χ4v) is 2.25. The first kappa shape index (κ1) is 9.42. The molecule has 0 atom stereocenters. The van der Waals surface area contributed by atoms with Crippen LogP contribution in [-0.4, -0.2) is 9.97 Å². The monoisotopic (exact) mass is 230 g/mol. The summed E-state index contributed by atoms with van der Waals surface area (Å²) in [6.07, 6.45) is 0. The highest BCUT2D eigenvalue weighted by Gasteiger charge is 2.10. The van der Waals surface area contributed by atoms with Crippen molar-refractivity contribution in [3.63, 3.8) is 0 Å². The van der Waals surface area contributed by atoms with Gasteiger partial charge in [0.1, 0.15) is 5.69 Å². The Labute approximate surface area is 95.4 Å². The van der Waals surface area contributed by atoms with Crippen LogP contribution in [0.4, 0.5) is 4.39 Å². The Bertz CT molecular complexity index is 635. The molecular weight excluding hydrogens is 223 g/mol. The van der Waals surface area contributed by atoms with Gasteiger partial charge in [0.2, 0.25) is 5.95 Å². The molecule has 0 fully saturated rings. The van der Waals surface area contributed by atoms with E-state index in [1.54, 1.807) is 6.07 Å². The largest absolute Gasteiger partial charge is 0.240 e. The van der Waals surface area contributed by atoms with Gasteiger partial charge in [-0.15, -0.1) is 11.3 Å². The van der Waals surface area contributed by atoms with E-state index in [1.165, 1.54) is 11.3 Å². The summed E-state index contributed by atoms with van der Waals surface area (Å²) < 4.78 is 13.7. The number of hydrogen-bond acceptors (Lipinski definition) is 3. The van der Waals surface area contributed by atoms with Gasteiger partial charge in [0, 0.05) is 0 Å². The lowest BCUT2D eigenvalue weighted by Crippen LogP contribution is -1.93. The zero-order valence-electron chi connectivity index (χ0n) is 8.22. The normalized spacial score (nSPS) is 10.8. The van der Waals surface area contributed by atoms with Crippen LogP contribution in [0.25, 0.3) is 21.6 Å². The number of thiophene rings is 1. The summed E-state index contributed by atoms with van der Waals surface area (Å²) in [7, 11) is 0. The number of nitrogens with zero attached hydrogens (tertiary/aromatic N) is 2. The highest BCUT2D eigenvalue weighted by molar-refractivity contribution is 7.13. The Morgan fingerprint density at radius 1 is 0.938 bits per heavy atom. The molecule has 0 spiro atoms. The van der Waals surface area contributed by atoms with E-state index in [4.69, 9.17) is 0 Å². The molecule has 2 nitrogen and oxygen atoms in total. The van der Waals surface area contributed by atoms with Crippen molar-refractivity contribution in [3.8, 4) is 10.6 Å². The molecule has 0 amide bonds. The zero-order chi connectivity index (χ0) is 11.0. The second-order valence-corrected chi connectivity index (χ2v) is 4.28. The van der Waals surface area contributed by atoms with Crippen LogP contribution in [0.3, 0.4) is 0 Å². The van der Waals surface area contributed by atoms with Gasteiger partial charge in [-0.25, -0.2) is 9.97 Å². The van der Waals surface area contributed by atoms with Crippen molar-refractivity contribution in [3.05, 3.63) is 47.7 Å². The van der Waals surface area contributed by atoms with Crippen molar-refractivity contribution < 1.29 is 4.39 Å². The van der Waals surface area contributed by atoms with Gasteiger partial charge in [0.15, 0.2) is 0 Å². The maximum atomic E-state index is 13.7. The minimum atomic E-state index is -0.513. The number of benzene rings is 1. The molecule has 0 bridgehead atoms. The lowest BCUT2D eigenvalue weighted by Gasteiger charge is -2.01. The fourth-order valence-electron chi connectivity index (χ4n) is 1.55. The van der Waals surface area contributed by atoms with E-state index in [0.29, 0.717) is 16.7 Å². The highest BCUT2D eigenvalue weighted by Crippen LogP contribution is 2.26. The van der Waals surface area contributed by atoms with Gasteiger partial charge in [-0.1, -0.05) is 18.2 Å². The first-order chi connectivity index (χ1) is 7.84. The topological polar surface area (TPSA) is 25.8 Å². The molecule has 0 radical (unpaired) electrons. The standard InChI is InChI=1S/C12H7FN2S/c13-12-11(10-6-3-7-16-10)14-8-4-1-2-5-9(8)15-12/h1-7H. The third kappa shape index (κ3) is 1.47. The minimum Gasteiger partial charge on any atom is -0.240 e. The van der Waals surface area contributed by atoms with E-state index >= 15 is 0 Å². The van der Waals surface area contributed by atoms with E-state index < -0.39 is 5.95 Å². The van der Waals surface area contributed by atoms with Gasteiger partial charge >= 0.3 is 0 Å². The van der Waals surface area contributed by atoms with Gasteiger partial charge < -0.3 is 0 Å². The second kappa shape index (κ2) is 3.64. The molecule has 0 saturated heterocycles. The number of fused-ring (bicyclic) bond motifs is 1. The Hall–Kier alpha value is -1.81. The van der Waals surface area contributed by atoms with Crippen LogP contribution in [0.1, 0.15) is 0 Å². The van der Waals surface area contributed by atoms with E-state index in [-0.39, 0.29) is 0 Å².